The van der Waals surface area contributed by atoms with Crippen molar-refractivity contribution in [2.75, 3.05) is 6.61 Å². The summed E-state index contributed by atoms with van der Waals surface area (Å²) in [6.45, 7) is 4.35. The molecular weight excluding hydrogens is 699 g/mol. The van der Waals surface area contributed by atoms with E-state index in [1.54, 1.807) is 6.08 Å². The van der Waals surface area contributed by atoms with Gasteiger partial charge in [-0.25, -0.2) is 0 Å². The third-order valence-corrected chi connectivity index (χ3v) is 12.5. The molecule has 4 heteroatoms. The van der Waals surface area contributed by atoms with E-state index in [0.717, 1.165) is 25.7 Å². The molecule has 0 aliphatic heterocycles. The summed E-state index contributed by atoms with van der Waals surface area (Å²) >= 11 is 0. The summed E-state index contributed by atoms with van der Waals surface area (Å²) in [5.41, 5.74) is 0. The quantitative estimate of drug-likeness (QED) is 0.0424. The van der Waals surface area contributed by atoms with E-state index in [1.807, 2.05) is 6.08 Å². The van der Waals surface area contributed by atoms with Crippen molar-refractivity contribution in [3.8, 4) is 0 Å². The van der Waals surface area contributed by atoms with E-state index in [0.29, 0.717) is 6.42 Å². The molecule has 340 valence electrons. The molecule has 0 aromatic rings. The first-order valence-corrected chi connectivity index (χ1v) is 26.4. The lowest BCUT2D eigenvalue weighted by atomic mass is 10.0. The fourth-order valence-electron chi connectivity index (χ4n) is 8.48. The van der Waals surface area contributed by atoms with Gasteiger partial charge in [0.25, 0.3) is 0 Å². The van der Waals surface area contributed by atoms with E-state index < -0.39 is 12.1 Å². The molecule has 0 aromatic heterocycles. The van der Waals surface area contributed by atoms with Gasteiger partial charge >= 0.3 is 0 Å². The minimum Gasteiger partial charge on any atom is -0.394 e. The highest BCUT2D eigenvalue weighted by atomic mass is 16.3. The van der Waals surface area contributed by atoms with Gasteiger partial charge in [-0.1, -0.05) is 289 Å². The summed E-state index contributed by atoms with van der Waals surface area (Å²) < 4.78 is 0. The first-order valence-electron chi connectivity index (χ1n) is 26.4. The van der Waals surface area contributed by atoms with Crippen LogP contribution in [0.1, 0.15) is 303 Å². The number of aliphatic hydroxyl groups is 2. The number of rotatable bonds is 49. The molecule has 0 fully saturated rings. The Balaban J connectivity index is 3.47. The largest absolute Gasteiger partial charge is 0.394 e. The number of allylic oxidation sites excluding steroid dienone is 1. The third kappa shape index (κ3) is 46.1. The topological polar surface area (TPSA) is 69.6 Å². The Labute approximate surface area is 358 Å². The Morgan fingerprint density at radius 1 is 0.404 bits per heavy atom. The maximum atomic E-state index is 12.4. The maximum Gasteiger partial charge on any atom is 0.220 e. The zero-order valence-electron chi connectivity index (χ0n) is 39.1. The molecule has 0 rings (SSSR count). The molecule has 0 aromatic carbocycles. The lowest BCUT2D eigenvalue weighted by Crippen LogP contribution is -2.45. The van der Waals surface area contributed by atoms with E-state index in [9.17, 15) is 15.0 Å². The van der Waals surface area contributed by atoms with Crippen LogP contribution in [-0.2, 0) is 4.79 Å². The van der Waals surface area contributed by atoms with Gasteiger partial charge in [-0.15, -0.1) is 0 Å². The molecule has 0 bridgehead atoms. The molecule has 3 N–H and O–H groups in total. The molecule has 0 heterocycles. The van der Waals surface area contributed by atoms with Crippen LogP contribution in [-0.4, -0.2) is 34.9 Å². The molecule has 0 aliphatic rings. The number of aliphatic hydroxyl groups excluding tert-OH is 2. The molecular formula is C53H105NO3. The molecule has 2 unspecified atom stereocenters. The third-order valence-electron chi connectivity index (χ3n) is 12.5. The van der Waals surface area contributed by atoms with Crippen LogP contribution in [0.2, 0.25) is 0 Å². The first-order chi connectivity index (χ1) is 28.2. The number of amides is 1. The minimum absolute atomic E-state index is 0.0567. The maximum absolute atomic E-state index is 12.4. The summed E-state index contributed by atoms with van der Waals surface area (Å²) in [4.78, 5) is 12.4. The zero-order chi connectivity index (χ0) is 41.4. The number of hydrogen-bond donors (Lipinski definition) is 3. The van der Waals surface area contributed by atoms with Crippen LogP contribution in [0.15, 0.2) is 12.2 Å². The summed E-state index contributed by atoms with van der Waals surface area (Å²) in [5, 5.41) is 23.1. The second-order valence-electron chi connectivity index (χ2n) is 18.3. The summed E-state index contributed by atoms with van der Waals surface area (Å²) in [7, 11) is 0. The van der Waals surface area contributed by atoms with E-state index >= 15 is 0 Å². The predicted molar refractivity (Wildman–Crippen MR) is 253 cm³/mol. The van der Waals surface area contributed by atoms with Crippen LogP contribution >= 0.6 is 0 Å². The van der Waals surface area contributed by atoms with Crippen molar-refractivity contribution in [3.05, 3.63) is 12.2 Å². The molecule has 0 spiro atoms. The number of unbranched alkanes of at least 4 members (excludes halogenated alkanes) is 42. The number of carbonyl (C=O) groups is 1. The fraction of sp³-hybridized carbons (Fsp3) is 0.943. The predicted octanol–water partition coefficient (Wildman–Crippen LogP) is 17.0. The Kier molecular flexibility index (Phi) is 48.7. The van der Waals surface area contributed by atoms with Gasteiger partial charge in [0.15, 0.2) is 0 Å². The van der Waals surface area contributed by atoms with E-state index in [1.165, 1.54) is 257 Å². The van der Waals surface area contributed by atoms with Gasteiger partial charge in [-0.2, -0.15) is 0 Å². The summed E-state index contributed by atoms with van der Waals surface area (Å²) in [6, 6.07) is -0.617. The molecule has 0 saturated heterocycles. The second kappa shape index (κ2) is 49.5. The zero-order valence-corrected chi connectivity index (χ0v) is 39.1. The van der Waals surface area contributed by atoms with Crippen LogP contribution in [0, 0.1) is 0 Å². The van der Waals surface area contributed by atoms with E-state index in [4.69, 9.17) is 0 Å². The van der Waals surface area contributed by atoms with Crippen molar-refractivity contribution in [2.45, 2.75) is 315 Å². The van der Waals surface area contributed by atoms with Crippen molar-refractivity contribution < 1.29 is 15.0 Å². The Hall–Kier alpha value is -0.870. The van der Waals surface area contributed by atoms with Crippen LogP contribution in [0.25, 0.3) is 0 Å². The van der Waals surface area contributed by atoms with Crippen molar-refractivity contribution in [3.63, 3.8) is 0 Å². The highest BCUT2D eigenvalue weighted by Crippen LogP contribution is 2.17. The van der Waals surface area contributed by atoms with E-state index in [-0.39, 0.29) is 12.5 Å². The van der Waals surface area contributed by atoms with Crippen molar-refractivity contribution in [1.82, 2.24) is 5.32 Å². The van der Waals surface area contributed by atoms with Crippen molar-refractivity contribution in [1.29, 1.82) is 0 Å². The van der Waals surface area contributed by atoms with Gasteiger partial charge in [-0.3, -0.25) is 4.79 Å². The first kappa shape index (κ1) is 56.1. The van der Waals surface area contributed by atoms with Gasteiger partial charge in [0.2, 0.25) is 5.91 Å². The summed E-state index contributed by atoms with van der Waals surface area (Å²) in [6.07, 6.45) is 63.6. The molecule has 0 aliphatic carbocycles. The number of nitrogens with one attached hydrogen (secondary N) is 1. The van der Waals surface area contributed by atoms with Crippen LogP contribution < -0.4 is 5.32 Å². The fourth-order valence-corrected chi connectivity index (χ4v) is 8.48. The molecule has 4 nitrogen and oxygen atoms in total. The second-order valence-corrected chi connectivity index (χ2v) is 18.3. The van der Waals surface area contributed by atoms with Gasteiger partial charge < -0.3 is 15.5 Å². The number of hydrogen-bond acceptors (Lipinski definition) is 3. The summed E-state index contributed by atoms with van der Waals surface area (Å²) in [5.74, 6) is -0.0567. The molecule has 0 radical (unpaired) electrons. The lowest BCUT2D eigenvalue weighted by Gasteiger charge is -2.20. The highest BCUT2D eigenvalue weighted by molar-refractivity contribution is 5.76. The van der Waals surface area contributed by atoms with Gasteiger partial charge in [-0.05, 0) is 19.3 Å². The van der Waals surface area contributed by atoms with E-state index in [2.05, 4.69) is 19.2 Å². The Morgan fingerprint density at radius 3 is 0.912 bits per heavy atom. The molecule has 1 amide bonds. The Morgan fingerprint density at radius 2 is 0.649 bits per heavy atom. The van der Waals surface area contributed by atoms with Gasteiger partial charge in [0.1, 0.15) is 0 Å². The highest BCUT2D eigenvalue weighted by Gasteiger charge is 2.18. The normalized spacial score (nSPS) is 12.8. The lowest BCUT2D eigenvalue weighted by molar-refractivity contribution is -0.123. The Bertz CT molecular complexity index is 784. The average molecular weight is 804 g/mol. The molecule has 0 saturated carbocycles. The average Bonchev–Trinajstić information content (AvgIpc) is 3.22. The van der Waals surface area contributed by atoms with Crippen molar-refractivity contribution >= 4 is 5.91 Å². The smallest absolute Gasteiger partial charge is 0.220 e. The molecule has 2 atom stereocenters. The monoisotopic (exact) mass is 804 g/mol. The standard InChI is InChI=1S/C53H105NO3/c1-3-5-7-9-11-13-15-17-19-21-23-25-26-27-28-29-30-32-34-36-38-40-42-44-46-48-52(56)51(50-55)54-53(57)49-47-45-43-41-39-37-35-33-31-24-22-20-18-16-14-12-10-8-6-4-2/h46,48,51-52,55-56H,3-45,47,49-50H2,1-2H3,(H,54,57)/b48-46+. The van der Waals surface area contributed by atoms with Gasteiger partial charge in [0.05, 0.1) is 18.8 Å². The SMILES string of the molecule is CCCCCCCCCCCCCCCCCCCCCCCCC/C=C/C(O)C(CO)NC(=O)CCCCCCCCCCCCCCCCCCCCCC. The van der Waals surface area contributed by atoms with Crippen molar-refractivity contribution in [2.24, 2.45) is 0 Å². The van der Waals surface area contributed by atoms with Crippen LogP contribution in [0.3, 0.4) is 0 Å². The number of carbonyl (C=O) groups excluding carboxylic acids is 1. The minimum atomic E-state index is -0.835. The van der Waals surface area contributed by atoms with Crippen LogP contribution in [0.4, 0.5) is 0 Å². The van der Waals surface area contributed by atoms with Gasteiger partial charge in [0, 0.05) is 6.42 Å². The molecule has 57 heavy (non-hydrogen) atoms. The van der Waals surface area contributed by atoms with Crippen LogP contribution in [0.5, 0.6) is 0 Å².